The summed E-state index contributed by atoms with van der Waals surface area (Å²) < 4.78 is 0. The number of carbonyl (C=O) groups excluding carboxylic acids is 2. The van der Waals surface area contributed by atoms with Crippen LogP contribution in [0.3, 0.4) is 0 Å². The lowest BCUT2D eigenvalue weighted by atomic mass is 10.3. The van der Waals surface area contributed by atoms with Crippen molar-refractivity contribution in [3.63, 3.8) is 0 Å². The Hall–Kier alpha value is -1.10. The fourth-order valence-corrected chi connectivity index (χ4v) is 1.67. The van der Waals surface area contributed by atoms with Crippen LogP contribution in [0, 0.1) is 0 Å². The van der Waals surface area contributed by atoms with E-state index in [1.807, 2.05) is 0 Å². The summed E-state index contributed by atoms with van der Waals surface area (Å²) in [7, 11) is 0. The van der Waals surface area contributed by atoms with Crippen LogP contribution in [-0.2, 0) is 9.59 Å². The van der Waals surface area contributed by atoms with Gasteiger partial charge in [-0.2, -0.15) is 0 Å². The van der Waals surface area contributed by atoms with E-state index in [-0.39, 0.29) is 18.4 Å². The SMILES string of the molecule is O=C(CN1CCCNCC1=O)NC1CC1. The summed E-state index contributed by atoms with van der Waals surface area (Å²) in [6.07, 6.45) is 3.09. The molecule has 1 saturated carbocycles. The maximum atomic E-state index is 11.5. The first-order chi connectivity index (χ1) is 7.25. The summed E-state index contributed by atoms with van der Waals surface area (Å²) in [6, 6.07) is 0.373. The maximum Gasteiger partial charge on any atom is 0.239 e. The summed E-state index contributed by atoms with van der Waals surface area (Å²) in [4.78, 5) is 24.7. The zero-order valence-corrected chi connectivity index (χ0v) is 8.79. The Labute approximate surface area is 89.2 Å². The average Bonchev–Trinajstić information content (AvgIpc) is 2.98. The van der Waals surface area contributed by atoms with Crippen LogP contribution in [0.1, 0.15) is 19.3 Å². The normalized spacial score (nSPS) is 22.4. The second-order valence-corrected chi connectivity index (χ2v) is 4.19. The zero-order valence-electron chi connectivity index (χ0n) is 8.79. The third-order valence-corrected chi connectivity index (χ3v) is 2.69. The molecular weight excluding hydrogens is 194 g/mol. The summed E-state index contributed by atoms with van der Waals surface area (Å²) in [5.74, 6) is 0.00574. The molecule has 0 atom stereocenters. The van der Waals surface area contributed by atoms with Crippen LogP contribution in [0.25, 0.3) is 0 Å². The van der Waals surface area contributed by atoms with E-state index in [2.05, 4.69) is 10.6 Å². The van der Waals surface area contributed by atoms with Gasteiger partial charge in [0.15, 0.2) is 0 Å². The van der Waals surface area contributed by atoms with Gasteiger partial charge in [-0.1, -0.05) is 0 Å². The molecule has 2 N–H and O–H groups in total. The molecule has 2 fully saturated rings. The standard InChI is InChI=1S/C10H17N3O2/c14-9(12-8-2-3-8)7-13-5-1-4-11-6-10(13)15/h8,11H,1-7H2,(H,12,14). The summed E-state index contributed by atoms with van der Waals surface area (Å²) >= 11 is 0. The fourth-order valence-electron chi connectivity index (χ4n) is 1.67. The molecular formula is C10H17N3O2. The minimum absolute atomic E-state index is 0.0206. The van der Waals surface area contributed by atoms with E-state index in [1.165, 1.54) is 0 Å². The van der Waals surface area contributed by atoms with Crippen LogP contribution in [0.15, 0.2) is 0 Å². The predicted molar refractivity (Wildman–Crippen MR) is 55.2 cm³/mol. The van der Waals surface area contributed by atoms with Crippen molar-refractivity contribution in [3.05, 3.63) is 0 Å². The van der Waals surface area contributed by atoms with Gasteiger partial charge in [-0.25, -0.2) is 0 Å². The van der Waals surface area contributed by atoms with E-state index in [0.717, 1.165) is 25.8 Å². The molecule has 0 unspecified atom stereocenters. The Morgan fingerprint density at radius 3 is 3.07 bits per heavy atom. The minimum Gasteiger partial charge on any atom is -0.352 e. The van der Waals surface area contributed by atoms with Gasteiger partial charge in [0, 0.05) is 12.6 Å². The third-order valence-electron chi connectivity index (χ3n) is 2.69. The monoisotopic (exact) mass is 211 g/mol. The Kier molecular flexibility index (Phi) is 3.20. The number of nitrogens with zero attached hydrogens (tertiary/aromatic N) is 1. The van der Waals surface area contributed by atoms with Crippen molar-refractivity contribution in [2.45, 2.75) is 25.3 Å². The van der Waals surface area contributed by atoms with Crippen LogP contribution >= 0.6 is 0 Å². The van der Waals surface area contributed by atoms with Gasteiger partial charge in [0.1, 0.15) is 0 Å². The number of nitrogens with one attached hydrogen (secondary N) is 2. The Bertz CT molecular complexity index is 263. The molecule has 15 heavy (non-hydrogen) atoms. The van der Waals surface area contributed by atoms with Gasteiger partial charge in [-0.05, 0) is 25.8 Å². The maximum absolute atomic E-state index is 11.5. The molecule has 1 heterocycles. The Balaban J connectivity index is 1.79. The van der Waals surface area contributed by atoms with Gasteiger partial charge in [0.05, 0.1) is 13.1 Å². The molecule has 5 nitrogen and oxygen atoms in total. The highest BCUT2D eigenvalue weighted by Crippen LogP contribution is 2.18. The first kappa shape index (κ1) is 10.4. The van der Waals surface area contributed by atoms with Gasteiger partial charge in [-0.3, -0.25) is 9.59 Å². The predicted octanol–water partition coefficient (Wildman–Crippen LogP) is -0.913. The Morgan fingerprint density at radius 2 is 2.33 bits per heavy atom. The highest BCUT2D eigenvalue weighted by atomic mass is 16.2. The lowest BCUT2D eigenvalue weighted by molar-refractivity contribution is -0.134. The lowest BCUT2D eigenvalue weighted by Crippen LogP contribution is -2.42. The number of hydrogen-bond donors (Lipinski definition) is 2. The van der Waals surface area contributed by atoms with Crippen molar-refractivity contribution < 1.29 is 9.59 Å². The van der Waals surface area contributed by atoms with Crippen LogP contribution in [0.4, 0.5) is 0 Å². The van der Waals surface area contributed by atoms with E-state index >= 15 is 0 Å². The van der Waals surface area contributed by atoms with Gasteiger partial charge in [-0.15, -0.1) is 0 Å². The van der Waals surface area contributed by atoms with Gasteiger partial charge < -0.3 is 15.5 Å². The highest BCUT2D eigenvalue weighted by Gasteiger charge is 2.25. The molecule has 2 aliphatic rings. The highest BCUT2D eigenvalue weighted by molar-refractivity contribution is 5.86. The smallest absolute Gasteiger partial charge is 0.239 e. The molecule has 0 aromatic rings. The molecule has 2 rings (SSSR count). The van der Waals surface area contributed by atoms with Gasteiger partial charge >= 0.3 is 0 Å². The fraction of sp³-hybridized carbons (Fsp3) is 0.800. The summed E-state index contributed by atoms with van der Waals surface area (Å²) in [5, 5.41) is 5.92. The molecule has 0 radical (unpaired) electrons. The molecule has 1 saturated heterocycles. The molecule has 1 aliphatic carbocycles. The molecule has 2 amide bonds. The van der Waals surface area contributed by atoms with E-state index in [9.17, 15) is 9.59 Å². The molecule has 84 valence electrons. The van der Waals surface area contributed by atoms with E-state index in [4.69, 9.17) is 0 Å². The first-order valence-corrected chi connectivity index (χ1v) is 5.53. The summed E-state index contributed by atoms with van der Waals surface area (Å²) in [6.45, 7) is 2.12. The Morgan fingerprint density at radius 1 is 1.53 bits per heavy atom. The average molecular weight is 211 g/mol. The second-order valence-electron chi connectivity index (χ2n) is 4.19. The van der Waals surface area contributed by atoms with Crippen LogP contribution in [-0.4, -0.2) is 48.9 Å². The molecule has 5 heteroatoms. The number of carbonyl (C=O) groups is 2. The van der Waals surface area contributed by atoms with Crippen molar-refractivity contribution >= 4 is 11.8 Å². The molecule has 1 aliphatic heterocycles. The van der Waals surface area contributed by atoms with Crippen molar-refractivity contribution in [3.8, 4) is 0 Å². The van der Waals surface area contributed by atoms with E-state index in [0.29, 0.717) is 19.1 Å². The van der Waals surface area contributed by atoms with Crippen LogP contribution in [0.2, 0.25) is 0 Å². The number of rotatable bonds is 3. The molecule has 0 bridgehead atoms. The van der Waals surface area contributed by atoms with Crippen molar-refractivity contribution in [2.24, 2.45) is 0 Å². The molecule has 0 spiro atoms. The van der Waals surface area contributed by atoms with Crippen molar-refractivity contribution in [1.29, 1.82) is 0 Å². The zero-order chi connectivity index (χ0) is 10.7. The van der Waals surface area contributed by atoms with Crippen molar-refractivity contribution in [1.82, 2.24) is 15.5 Å². The number of hydrogen-bond acceptors (Lipinski definition) is 3. The van der Waals surface area contributed by atoms with E-state index in [1.54, 1.807) is 4.90 Å². The third kappa shape index (κ3) is 3.20. The molecule has 0 aromatic carbocycles. The van der Waals surface area contributed by atoms with Crippen molar-refractivity contribution in [2.75, 3.05) is 26.2 Å². The largest absolute Gasteiger partial charge is 0.352 e. The van der Waals surface area contributed by atoms with Gasteiger partial charge in [0.2, 0.25) is 11.8 Å². The van der Waals surface area contributed by atoms with E-state index < -0.39 is 0 Å². The van der Waals surface area contributed by atoms with Gasteiger partial charge in [0.25, 0.3) is 0 Å². The summed E-state index contributed by atoms with van der Waals surface area (Å²) in [5.41, 5.74) is 0. The first-order valence-electron chi connectivity index (χ1n) is 5.53. The lowest BCUT2D eigenvalue weighted by Gasteiger charge is -2.19. The molecule has 0 aromatic heterocycles. The number of amides is 2. The quantitative estimate of drug-likeness (QED) is 0.635. The minimum atomic E-state index is -0.0206. The van der Waals surface area contributed by atoms with Crippen LogP contribution < -0.4 is 10.6 Å². The van der Waals surface area contributed by atoms with Crippen LogP contribution in [0.5, 0.6) is 0 Å². The second kappa shape index (κ2) is 4.61. The topological polar surface area (TPSA) is 61.4 Å².